The number of phenolic OH excluding ortho intramolecular Hbond substituents is 1. The van der Waals surface area contributed by atoms with E-state index in [1.165, 1.54) is 18.3 Å². The molecule has 0 bridgehead atoms. The number of fused-ring (bicyclic) bond motifs is 1. The van der Waals surface area contributed by atoms with Crippen LogP contribution in [0.2, 0.25) is 0 Å². The normalized spacial score (nSPS) is 11.1. The molecule has 0 fully saturated rings. The van der Waals surface area contributed by atoms with Crippen LogP contribution < -0.4 is 10.2 Å². The van der Waals surface area contributed by atoms with E-state index in [1.807, 2.05) is 0 Å². The number of rotatable bonds is 7. The standard InChI is InChI=1S/C23H19N5O5/c1-2-33-21-10-7-14(11-19(21)28(31)32)13-24-27-23(30)15-8-9-17-18(12-15)26-22(25-17)16-5-3-4-6-20(16)29/h3-13,29H,2H2,1H3,(H,25,26)(H,27,30)/b24-13+. The van der Waals surface area contributed by atoms with Gasteiger partial charge >= 0.3 is 5.69 Å². The fourth-order valence-corrected chi connectivity index (χ4v) is 3.22. The maximum Gasteiger partial charge on any atom is 0.311 e. The Hall–Kier alpha value is -4.73. The molecule has 1 aromatic heterocycles. The molecule has 0 saturated heterocycles. The number of nitro benzene ring substituents is 1. The maximum absolute atomic E-state index is 12.5. The van der Waals surface area contributed by atoms with Gasteiger partial charge in [0.25, 0.3) is 5.91 Å². The molecule has 0 saturated carbocycles. The monoisotopic (exact) mass is 445 g/mol. The summed E-state index contributed by atoms with van der Waals surface area (Å²) >= 11 is 0. The number of hydrazone groups is 1. The Kier molecular flexibility index (Phi) is 5.98. The van der Waals surface area contributed by atoms with Gasteiger partial charge in [-0.25, -0.2) is 10.4 Å². The SMILES string of the molecule is CCOc1ccc(/C=N/NC(=O)c2ccc3nc(-c4ccccc4O)[nH]c3c2)cc1[N+](=O)[O-]. The predicted molar refractivity (Wildman–Crippen MR) is 123 cm³/mol. The van der Waals surface area contributed by atoms with Crippen molar-refractivity contribution in [3.63, 3.8) is 0 Å². The molecule has 0 aliphatic rings. The van der Waals surface area contributed by atoms with E-state index < -0.39 is 10.8 Å². The molecule has 0 unspecified atom stereocenters. The summed E-state index contributed by atoms with van der Waals surface area (Å²) in [5, 5.41) is 25.1. The number of nitrogens with one attached hydrogen (secondary N) is 2. The van der Waals surface area contributed by atoms with Crippen LogP contribution >= 0.6 is 0 Å². The number of aromatic hydroxyl groups is 1. The van der Waals surface area contributed by atoms with Crippen molar-refractivity contribution in [3.8, 4) is 22.9 Å². The molecule has 10 heteroatoms. The molecule has 10 nitrogen and oxygen atoms in total. The molecule has 0 radical (unpaired) electrons. The van der Waals surface area contributed by atoms with E-state index in [0.717, 1.165) is 0 Å². The summed E-state index contributed by atoms with van der Waals surface area (Å²) in [6.07, 6.45) is 1.31. The van der Waals surface area contributed by atoms with E-state index in [2.05, 4.69) is 20.5 Å². The van der Waals surface area contributed by atoms with Gasteiger partial charge in [0.15, 0.2) is 5.75 Å². The van der Waals surface area contributed by atoms with Crippen molar-refractivity contribution in [2.75, 3.05) is 6.61 Å². The van der Waals surface area contributed by atoms with Gasteiger partial charge < -0.3 is 14.8 Å². The number of nitrogens with zero attached hydrogens (tertiary/aromatic N) is 3. The number of H-pyrrole nitrogens is 1. The number of hydrogen-bond donors (Lipinski definition) is 3. The van der Waals surface area contributed by atoms with Crippen LogP contribution in [0.3, 0.4) is 0 Å². The highest BCUT2D eigenvalue weighted by Crippen LogP contribution is 2.29. The van der Waals surface area contributed by atoms with Crippen molar-refractivity contribution in [2.24, 2.45) is 5.10 Å². The number of benzene rings is 3. The first-order chi connectivity index (χ1) is 16.0. The van der Waals surface area contributed by atoms with Crippen LogP contribution in [0.4, 0.5) is 5.69 Å². The van der Waals surface area contributed by atoms with Crippen molar-refractivity contribution in [1.82, 2.24) is 15.4 Å². The van der Waals surface area contributed by atoms with Crippen LogP contribution in [-0.4, -0.2) is 38.7 Å². The third kappa shape index (κ3) is 4.64. The van der Waals surface area contributed by atoms with Gasteiger partial charge in [0.1, 0.15) is 11.6 Å². The fraction of sp³-hybridized carbons (Fsp3) is 0.0870. The van der Waals surface area contributed by atoms with Crippen LogP contribution in [0.1, 0.15) is 22.8 Å². The molecule has 0 aliphatic heterocycles. The molecular formula is C23H19N5O5. The highest BCUT2D eigenvalue weighted by atomic mass is 16.6. The summed E-state index contributed by atoms with van der Waals surface area (Å²) in [4.78, 5) is 30.7. The Morgan fingerprint density at radius 1 is 1.24 bits per heavy atom. The van der Waals surface area contributed by atoms with Gasteiger partial charge in [-0.3, -0.25) is 14.9 Å². The van der Waals surface area contributed by atoms with Crippen molar-refractivity contribution in [2.45, 2.75) is 6.92 Å². The number of ether oxygens (including phenoxy) is 1. The number of imidazole rings is 1. The summed E-state index contributed by atoms with van der Waals surface area (Å²) in [6, 6.07) is 16.1. The van der Waals surface area contributed by atoms with Gasteiger partial charge in [0.05, 0.1) is 34.3 Å². The number of nitro groups is 1. The van der Waals surface area contributed by atoms with Crippen LogP contribution in [0.15, 0.2) is 65.8 Å². The van der Waals surface area contributed by atoms with Crippen molar-refractivity contribution in [3.05, 3.63) is 81.9 Å². The first-order valence-corrected chi connectivity index (χ1v) is 9.99. The van der Waals surface area contributed by atoms with Crippen LogP contribution in [0.5, 0.6) is 11.5 Å². The molecule has 0 spiro atoms. The molecule has 4 aromatic rings. The third-order valence-corrected chi connectivity index (χ3v) is 4.76. The van der Waals surface area contributed by atoms with E-state index in [4.69, 9.17) is 4.74 Å². The minimum Gasteiger partial charge on any atom is -0.507 e. The van der Waals surface area contributed by atoms with Crippen LogP contribution in [0.25, 0.3) is 22.4 Å². The molecular weight excluding hydrogens is 426 g/mol. The number of amides is 1. The smallest absolute Gasteiger partial charge is 0.311 e. The summed E-state index contributed by atoms with van der Waals surface area (Å²) in [7, 11) is 0. The molecule has 1 amide bonds. The Balaban J connectivity index is 1.50. The molecule has 0 aliphatic carbocycles. The largest absolute Gasteiger partial charge is 0.507 e. The van der Waals surface area contributed by atoms with E-state index in [0.29, 0.717) is 40.2 Å². The second-order valence-electron chi connectivity index (χ2n) is 6.95. The summed E-state index contributed by atoms with van der Waals surface area (Å²) in [5.41, 5.74) is 4.79. The minimum atomic E-state index is -0.538. The van der Waals surface area contributed by atoms with Gasteiger partial charge in [-0.05, 0) is 49.4 Å². The molecule has 0 atom stereocenters. The summed E-state index contributed by atoms with van der Waals surface area (Å²) in [6.45, 7) is 2.04. The predicted octanol–water partition coefficient (Wildman–Crippen LogP) is 4.01. The zero-order chi connectivity index (χ0) is 23.4. The Morgan fingerprint density at radius 2 is 2.06 bits per heavy atom. The van der Waals surface area contributed by atoms with Crippen molar-refractivity contribution < 1.29 is 19.6 Å². The highest BCUT2D eigenvalue weighted by Gasteiger charge is 2.15. The van der Waals surface area contributed by atoms with Gasteiger partial charge in [-0.15, -0.1) is 0 Å². The van der Waals surface area contributed by atoms with Crippen molar-refractivity contribution >= 4 is 28.8 Å². The van der Waals surface area contributed by atoms with E-state index in [9.17, 15) is 20.0 Å². The summed E-state index contributed by atoms with van der Waals surface area (Å²) in [5.74, 6) is 0.279. The second kappa shape index (κ2) is 9.18. The van der Waals surface area contributed by atoms with Crippen molar-refractivity contribution in [1.29, 1.82) is 0 Å². The number of para-hydroxylation sites is 1. The lowest BCUT2D eigenvalue weighted by Crippen LogP contribution is -2.17. The average Bonchev–Trinajstić information content (AvgIpc) is 3.23. The molecule has 3 N–H and O–H groups in total. The zero-order valence-corrected chi connectivity index (χ0v) is 17.5. The molecule has 166 valence electrons. The van der Waals surface area contributed by atoms with E-state index in [1.54, 1.807) is 55.5 Å². The molecule has 33 heavy (non-hydrogen) atoms. The fourth-order valence-electron chi connectivity index (χ4n) is 3.22. The van der Waals surface area contributed by atoms with Gasteiger partial charge in [0.2, 0.25) is 0 Å². The van der Waals surface area contributed by atoms with E-state index in [-0.39, 0.29) is 17.2 Å². The second-order valence-corrected chi connectivity index (χ2v) is 6.95. The first-order valence-electron chi connectivity index (χ1n) is 9.99. The minimum absolute atomic E-state index is 0.0957. The Morgan fingerprint density at radius 3 is 2.82 bits per heavy atom. The number of aromatic amines is 1. The number of carbonyl (C=O) groups is 1. The molecule has 4 rings (SSSR count). The molecule has 3 aromatic carbocycles. The number of hydrogen-bond acceptors (Lipinski definition) is 7. The lowest BCUT2D eigenvalue weighted by Gasteiger charge is -2.04. The lowest BCUT2D eigenvalue weighted by atomic mass is 10.2. The number of phenols is 1. The van der Waals surface area contributed by atoms with Crippen LogP contribution in [0, 0.1) is 10.1 Å². The van der Waals surface area contributed by atoms with Crippen LogP contribution in [-0.2, 0) is 0 Å². The maximum atomic E-state index is 12.5. The van der Waals surface area contributed by atoms with Gasteiger partial charge in [-0.2, -0.15) is 5.10 Å². The number of aromatic nitrogens is 2. The Labute approximate surface area is 187 Å². The Bertz CT molecular complexity index is 1380. The summed E-state index contributed by atoms with van der Waals surface area (Å²) < 4.78 is 5.25. The van der Waals surface area contributed by atoms with E-state index >= 15 is 0 Å². The number of carbonyl (C=O) groups excluding carboxylic acids is 1. The molecule has 1 heterocycles. The quantitative estimate of drug-likeness (QED) is 0.223. The first kappa shape index (κ1) is 21.5. The average molecular weight is 445 g/mol. The lowest BCUT2D eigenvalue weighted by molar-refractivity contribution is -0.385. The third-order valence-electron chi connectivity index (χ3n) is 4.76. The van der Waals surface area contributed by atoms with Gasteiger partial charge in [-0.1, -0.05) is 12.1 Å². The topological polar surface area (TPSA) is 143 Å². The zero-order valence-electron chi connectivity index (χ0n) is 17.5. The highest BCUT2D eigenvalue weighted by molar-refractivity contribution is 5.98. The van der Waals surface area contributed by atoms with Gasteiger partial charge in [0, 0.05) is 17.2 Å².